The quantitative estimate of drug-likeness (QED) is 0.153. The van der Waals surface area contributed by atoms with Gasteiger partial charge in [-0.3, -0.25) is 9.59 Å². The number of fused-ring (bicyclic) bond motifs is 6. The van der Waals surface area contributed by atoms with Gasteiger partial charge in [-0.2, -0.15) is 0 Å². The van der Waals surface area contributed by atoms with Crippen LogP contribution >= 0.6 is 0 Å². The van der Waals surface area contributed by atoms with Crippen molar-refractivity contribution in [3.8, 4) is 11.5 Å². The van der Waals surface area contributed by atoms with E-state index in [1.165, 1.54) is 5.56 Å². The molecule has 0 fully saturated rings. The third-order valence-corrected chi connectivity index (χ3v) is 8.70. The van der Waals surface area contributed by atoms with E-state index in [2.05, 4.69) is 74.2 Å². The Bertz CT molecular complexity index is 2160. The average molecular weight is 572 g/mol. The van der Waals surface area contributed by atoms with E-state index < -0.39 is 0 Å². The van der Waals surface area contributed by atoms with Gasteiger partial charge in [0.15, 0.2) is 23.1 Å². The number of hydrogen-bond acceptors (Lipinski definition) is 4. The zero-order chi connectivity index (χ0) is 30.2. The van der Waals surface area contributed by atoms with Gasteiger partial charge in [-0.1, -0.05) is 93.6 Å². The van der Waals surface area contributed by atoms with E-state index in [0.29, 0.717) is 16.9 Å². The van der Waals surface area contributed by atoms with E-state index in [1.54, 1.807) is 6.08 Å². The summed E-state index contributed by atoms with van der Waals surface area (Å²) in [6, 6.07) is 38.4. The van der Waals surface area contributed by atoms with Gasteiger partial charge in [-0.25, -0.2) is 0 Å². The van der Waals surface area contributed by atoms with Crippen molar-refractivity contribution in [2.45, 2.75) is 26.2 Å². The highest BCUT2D eigenvalue weighted by atomic mass is 16.5. The van der Waals surface area contributed by atoms with Crippen molar-refractivity contribution in [3.63, 3.8) is 0 Å². The zero-order valence-electron chi connectivity index (χ0n) is 24.7. The number of rotatable bonds is 2. The van der Waals surface area contributed by atoms with Crippen LogP contribution in [0.15, 0.2) is 121 Å². The van der Waals surface area contributed by atoms with Crippen LogP contribution in [0.25, 0.3) is 27.6 Å². The minimum absolute atomic E-state index is 0.0411. The van der Waals surface area contributed by atoms with Crippen molar-refractivity contribution in [3.05, 3.63) is 143 Å². The predicted molar refractivity (Wildman–Crippen MR) is 178 cm³/mol. The van der Waals surface area contributed by atoms with Crippen LogP contribution in [0, 0.1) is 0 Å². The molecule has 212 valence electrons. The number of allylic oxidation sites excluding steroid dienone is 1. The molecule has 0 unspecified atom stereocenters. The van der Waals surface area contributed by atoms with Crippen molar-refractivity contribution < 1.29 is 14.3 Å². The van der Waals surface area contributed by atoms with Crippen LogP contribution in [0.2, 0.25) is 0 Å². The number of ketones is 2. The number of benzene rings is 6. The molecule has 0 saturated heterocycles. The van der Waals surface area contributed by atoms with Crippen molar-refractivity contribution >= 4 is 56.2 Å². The summed E-state index contributed by atoms with van der Waals surface area (Å²) < 4.78 is 6.65. The Morgan fingerprint density at radius 2 is 1.25 bits per heavy atom. The van der Waals surface area contributed by atoms with Gasteiger partial charge in [0, 0.05) is 22.2 Å². The standard InChI is InChI=1S/C40H29NO3/c1-40(2,3)28-14-16-29(17-15-28)41-34-18-12-24(21-36(34)44-39-30-11-7-6-8-25(30)13-19-35(39)41)20-33-37(42)31-22-26-9-4-5-10-27(26)23-32(31)38(33)43/h4-23H,1-3H3. The SMILES string of the molecule is CC(C)(C)c1ccc(N2c3ccc(C=C4C(=O)c5cc6ccccc6cc5C4=O)cc3Oc3c2ccc2ccccc32)cc1. The molecule has 0 aromatic heterocycles. The number of ether oxygens (including phenoxy) is 1. The van der Waals surface area contributed by atoms with Crippen LogP contribution in [-0.4, -0.2) is 11.6 Å². The first-order chi connectivity index (χ1) is 21.3. The summed E-state index contributed by atoms with van der Waals surface area (Å²) in [6.45, 7) is 6.64. The smallest absolute Gasteiger partial charge is 0.197 e. The van der Waals surface area contributed by atoms with E-state index in [1.807, 2.05) is 66.7 Å². The van der Waals surface area contributed by atoms with Gasteiger partial charge in [0.25, 0.3) is 0 Å². The molecule has 1 aliphatic carbocycles. The molecule has 0 spiro atoms. The summed E-state index contributed by atoms with van der Waals surface area (Å²) in [5, 5.41) is 3.98. The number of Topliss-reactive ketones (excluding diaryl/α,β-unsaturated/α-hetero) is 2. The molecule has 0 amide bonds. The molecular formula is C40H29NO3. The monoisotopic (exact) mass is 571 g/mol. The zero-order valence-corrected chi connectivity index (χ0v) is 24.7. The maximum absolute atomic E-state index is 13.5. The molecule has 6 aromatic rings. The van der Waals surface area contributed by atoms with Gasteiger partial charge >= 0.3 is 0 Å². The molecule has 0 N–H and O–H groups in total. The molecule has 2 aliphatic rings. The summed E-state index contributed by atoms with van der Waals surface area (Å²) in [7, 11) is 0. The van der Waals surface area contributed by atoms with Gasteiger partial charge in [-0.15, -0.1) is 0 Å². The number of hydrogen-bond donors (Lipinski definition) is 0. The van der Waals surface area contributed by atoms with Crippen LogP contribution in [0.4, 0.5) is 17.1 Å². The van der Waals surface area contributed by atoms with Crippen molar-refractivity contribution in [1.29, 1.82) is 0 Å². The molecule has 0 saturated carbocycles. The van der Waals surface area contributed by atoms with E-state index in [-0.39, 0.29) is 22.6 Å². The van der Waals surface area contributed by atoms with Crippen molar-refractivity contribution in [2.75, 3.05) is 4.90 Å². The van der Waals surface area contributed by atoms with Crippen molar-refractivity contribution in [2.24, 2.45) is 0 Å². The van der Waals surface area contributed by atoms with Crippen LogP contribution < -0.4 is 9.64 Å². The third-order valence-electron chi connectivity index (χ3n) is 8.70. The lowest BCUT2D eigenvalue weighted by atomic mass is 9.87. The lowest BCUT2D eigenvalue weighted by molar-refractivity contribution is 0.0990. The van der Waals surface area contributed by atoms with Crippen LogP contribution in [0.1, 0.15) is 52.6 Å². The molecule has 6 aromatic carbocycles. The van der Waals surface area contributed by atoms with Crippen LogP contribution in [0.5, 0.6) is 11.5 Å². The number of carbonyl (C=O) groups excluding carboxylic acids is 2. The van der Waals surface area contributed by atoms with E-state index in [9.17, 15) is 9.59 Å². The molecule has 4 nitrogen and oxygen atoms in total. The van der Waals surface area contributed by atoms with Crippen LogP contribution in [-0.2, 0) is 5.41 Å². The summed E-state index contributed by atoms with van der Waals surface area (Å²) in [5.74, 6) is 0.939. The van der Waals surface area contributed by atoms with Gasteiger partial charge in [-0.05, 0) is 81.2 Å². The van der Waals surface area contributed by atoms with E-state index in [0.717, 1.165) is 49.9 Å². The summed E-state index contributed by atoms with van der Waals surface area (Å²) in [5.41, 5.74) is 5.98. The Morgan fingerprint density at radius 3 is 1.91 bits per heavy atom. The molecule has 44 heavy (non-hydrogen) atoms. The fraction of sp³-hybridized carbons (Fsp3) is 0.100. The molecule has 1 heterocycles. The maximum atomic E-state index is 13.5. The molecular weight excluding hydrogens is 542 g/mol. The minimum Gasteiger partial charge on any atom is -0.452 e. The Morgan fingerprint density at radius 1 is 0.636 bits per heavy atom. The van der Waals surface area contributed by atoms with Gasteiger partial charge in [0.1, 0.15) is 0 Å². The van der Waals surface area contributed by atoms with Gasteiger partial charge in [0.05, 0.1) is 16.9 Å². The lowest BCUT2D eigenvalue weighted by Gasteiger charge is -2.34. The normalized spacial score (nSPS) is 14.0. The minimum atomic E-state index is -0.244. The second-order valence-corrected chi connectivity index (χ2v) is 12.6. The van der Waals surface area contributed by atoms with Gasteiger partial charge in [0.2, 0.25) is 0 Å². The fourth-order valence-corrected chi connectivity index (χ4v) is 6.34. The molecule has 0 bridgehead atoms. The third kappa shape index (κ3) is 4.06. The fourth-order valence-electron chi connectivity index (χ4n) is 6.34. The number of nitrogens with zero attached hydrogens (tertiary/aromatic N) is 1. The first-order valence-electron chi connectivity index (χ1n) is 14.8. The van der Waals surface area contributed by atoms with E-state index >= 15 is 0 Å². The maximum Gasteiger partial charge on any atom is 0.197 e. The first-order valence-corrected chi connectivity index (χ1v) is 14.8. The van der Waals surface area contributed by atoms with Crippen molar-refractivity contribution in [1.82, 2.24) is 0 Å². The molecule has 1 aliphatic heterocycles. The Kier molecular flexibility index (Phi) is 5.66. The average Bonchev–Trinajstić information content (AvgIpc) is 3.26. The first kappa shape index (κ1) is 26.2. The highest BCUT2D eigenvalue weighted by Gasteiger charge is 2.34. The molecule has 8 rings (SSSR count). The van der Waals surface area contributed by atoms with Crippen LogP contribution in [0.3, 0.4) is 0 Å². The molecule has 0 radical (unpaired) electrons. The molecule has 0 atom stereocenters. The highest BCUT2D eigenvalue weighted by Crippen LogP contribution is 2.53. The Balaban J connectivity index is 1.25. The second kappa shape index (κ2) is 9.51. The largest absolute Gasteiger partial charge is 0.452 e. The van der Waals surface area contributed by atoms with E-state index in [4.69, 9.17) is 4.74 Å². The summed E-state index contributed by atoms with van der Waals surface area (Å²) in [4.78, 5) is 29.1. The highest BCUT2D eigenvalue weighted by molar-refractivity contribution is 6.42. The topological polar surface area (TPSA) is 46.6 Å². The molecule has 4 heteroatoms. The summed E-state index contributed by atoms with van der Waals surface area (Å²) in [6.07, 6.45) is 1.69. The van der Waals surface area contributed by atoms with Gasteiger partial charge < -0.3 is 9.64 Å². The lowest BCUT2D eigenvalue weighted by Crippen LogP contribution is -2.17. The Labute approximate surface area is 255 Å². The predicted octanol–water partition coefficient (Wildman–Crippen LogP) is 10.3. The second-order valence-electron chi connectivity index (χ2n) is 12.6. The Hall–Kier alpha value is -5.48. The number of carbonyl (C=O) groups is 2. The summed E-state index contributed by atoms with van der Waals surface area (Å²) >= 11 is 0. The number of anilines is 3.